The minimum atomic E-state index is -0.997. The largest absolute Gasteiger partial charge is 0.478 e. The first-order valence-electron chi connectivity index (χ1n) is 7.90. The predicted molar refractivity (Wildman–Crippen MR) is 85.7 cm³/mol. The van der Waals surface area contributed by atoms with Gasteiger partial charge in [-0.25, -0.2) is 4.79 Å². The molecule has 1 aromatic heterocycles. The number of aromatic nitrogens is 3. The molecule has 0 radical (unpaired) electrons. The van der Waals surface area contributed by atoms with Crippen LogP contribution in [0.25, 0.3) is 11.0 Å². The summed E-state index contributed by atoms with van der Waals surface area (Å²) in [5, 5.41) is 20.1. The van der Waals surface area contributed by atoms with E-state index in [0.717, 1.165) is 24.8 Å². The Bertz CT molecular complexity index is 651. The van der Waals surface area contributed by atoms with E-state index < -0.39 is 5.97 Å². The Balaban J connectivity index is 2.45. The van der Waals surface area contributed by atoms with E-state index in [1.165, 1.54) is 12.8 Å². The smallest absolute Gasteiger partial charge is 0.338 e. The first-order valence-corrected chi connectivity index (χ1v) is 7.90. The molecule has 1 heterocycles. The number of aromatic amines is 1. The Labute approximate surface area is 130 Å². The van der Waals surface area contributed by atoms with Crippen LogP contribution in [0.4, 0.5) is 0 Å². The van der Waals surface area contributed by atoms with Gasteiger partial charge in [0.15, 0.2) is 0 Å². The fraction of sp³-hybridized carbons (Fsp3) is 0.562. The van der Waals surface area contributed by atoms with Gasteiger partial charge in [0.2, 0.25) is 0 Å². The summed E-state index contributed by atoms with van der Waals surface area (Å²) >= 11 is 0. The molecule has 0 saturated carbocycles. The van der Waals surface area contributed by atoms with Crippen LogP contribution in [-0.2, 0) is 13.0 Å². The van der Waals surface area contributed by atoms with Crippen molar-refractivity contribution in [3.05, 3.63) is 22.8 Å². The molecule has 6 heteroatoms. The number of H-pyrrole nitrogens is 1. The highest BCUT2D eigenvalue weighted by Gasteiger charge is 2.21. The number of aromatic carboxylic acids is 1. The van der Waals surface area contributed by atoms with Crippen LogP contribution in [0.2, 0.25) is 0 Å². The van der Waals surface area contributed by atoms with E-state index in [1.807, 2.05) is 6.07 Å². The number of nitrogens with two attached hydrogens (primary N) is 1. The molecule has 6 nitrogen and oxygen atoms in total. The second-order valence-electron chi connectivity index (χ2n) is 5.71. The molecule has 4 N–H and O–H groups in total. The van der Waals surface area contributed by atoms with Gasteiger partial charge >= 0.3 is 5.97 Å². The number of rotatable bonds is 8. The van der Waals surface area contributed by atoms with E-state index in [9.17, 15) is 9.90 Å². The fourth-order valence-electron chi connectivity index (χ4n) is 2.98. The summed E-state index contributed by atoms with van der Waals surface area (Å²) in [5.41, 5.74) is 8.69. The molecule has 0 aliphatic rings. The van der Waals surface area contributed by atoms with Gasteiger partial charge in [-0.05, 0) is 29.5 Å². The zero-order valence-corrected chi connectivity index (χ0v) is 13.2. The molecule has 0 aliphatic carbocycles. The molecule has 0 aliphatic heterocycles. The van der Waals surface area contributed by atoms with Crippen molar-refractivity contribution in [2.75, 3.05) is 0 Å². The number of carboxylic acid groups (broad SMARTS) is 1. The second-order valence-corrected chi connectivity index (χ2v) is 5.71. The van der Waals surface area contributed by atoms with Gasteiger partial charge in [-0.1, -0.05) is 39.5 Å². The molecule has 0 bridgehead atoms. The van der Waals surface area contributed by atoms with Crippen LogP contribution in [0.1, 0.15) is 61.0 Å². The quantitative estimate of drug-likeness (QED) is 0.695. The highest BCUT2D eigenvalue weighted by atomic mass is 16.4. The molecular weight excluding hydrogens is 280 g/mol. The van der Waals surface area contributed by atoms with Crippen LogP contribution in [0.3, 0.4) is 0 Å². The van der Waals surface area contributed by atoms with Gasteiger partial charge in [-0.2, -0.15) is 15.4 Å². The van der Waals surface area contributed by atoms with Crippen LogP contribution in [0, 0.1) is 5.92 Å². The van der Waals surface area contributed by atoms with Gasteiger partial charge in [-0.3, -0.25) is 0 Å². The SMILES string of the molecule is CCCCC(CC)Cc1cc2n[nH]nc2c(C(=O)O)c1CN. The van der Waals surface area contributed by atoms with Crippen LogP contribution in [-0.4, -0.2) is 26.5 Å². The maximum absolute atomic E-state index is 11.6. The van der Waals surface area contributed by atoms with Crippen molar-refractivity contribution < 1.29 is 9.90 Å². The number of carbonyl (C=O) groups is 1. The number of hydrogen-bond acceptors (Lipinski definition) is 4. The lowest BCUT2D eigenvalue weighted by Gasteiger charge is -2.18. The van der Waals surface area contributed by atoms with Crippen LogP contribution < -0.4 is 5.73 Å². The van der Waals surface area contributed by atoms with Crippen LogP contribution >= 0.6 is 0 Å². The van der Waals surface area contributed by atoms with E-state index in [-0.39, 0.29) is 12.1 Å². The molecule has 0 fully saturated rings. The number of nitrogens with zero attached hydrogens (tertiary/aromatic N) is 2. The monoisotopic (exact) mass is 304 g/mol. The van der Waals surface area contributed by atoms with Crippen molar-refractivity contribution in [2.24, 2.45) is 11.7 Å². The molecule has 1 aromatic carbocycles. The lowest BCUT2D eigenvalue weighted by Crippen LogP contribution is -2.14. The number of nitrogens with one attached hydrogen (secondary N) is 1. The Hall–Kier alpha value is -1.95. The maximum Gasteiger partial charge on any atom is 0.338 e. The summed E-state index contributed by atoms with van der Waals surface area (Å²) in [5.74, 6) is -0.459. The fourth-order valence-corrected chi connectivity index (χ4v) is 2.98. The summed E-state index contributed by atoms with van der Waals surface area (Å²) in [4.78, 5) is 11.6. The first kappa shape index (κ1) is 16.4. The number of unbranched alkanes of at least 4 members (excludes halogenated alkanes) is 1. The Morgan fingerprint density at radius 2 is 2.18 bits per heavy atom. The van der Waals surface area contributed by atoms with Crippen molar-refractivity contribution >= 4 is 17.0 Å². The molecule has 1 unspecified atom stereocenters. The van der Waals surface area contributed by atoms with Crippen molar-refractivity contribution in [1.82, 2.24) is 15.4 Å². The van der Waals surface area contributed by atoms with Gasteiger partial charge in [0, 0.05) is 6.54 Å². The molecule has 120 valence electrons. The number of hydrogen-bond donors (Lipinski definition) is 3. The minimum absolute atomic E-state index is 0.189. The summed E-state index contributed by atoms with van der Waals surface area (Å²) in [6.07, 6.45) is 5.42. The molecular formula is C16H24N4O2. The topological polar surface area (TPSA) is 105 Å². The molecule has 1 atom stereocenters. The number of benzene rings is 1. The highest BCUT2D eigenvalue weighted by Crippen LogP contribution is 2.27. The van der Waals surface area contributed by atoms with E-state index in [4.69, 9.17) is 5.73 Å². The third-order valence-corrected chi connectivity index (χ3v) is 4.28. The molecule has 0 spiro atoms. The van der Waals surface area contributed by atoms with Gasteiger partial charge in [0.25, 0.3) is 0 Å². The van der Waals surface area contributed by atoms with Crippen LogP contribution in [0.5, 0.6) is 0 Å². The maximum atomic E-state index is 11.6. The molecule has 22 heavy (non-hydrogen) atoms. The van der Waals surface area contributed by atoms with E-state index in [2.05, 4.69) is 29.3 Å². The zero-order valence-electron chi connectivity index (χ0n) is 13.2. The summed E-state index contributed by atoms with van der Waals surface area (Å²) in [6.45, 7) is 4.56. The van der Waals surface area contributed by atoms with Crippen molar-refractivity contribution in [1.29, 1.82) is 0 Å². The summed E-state index contributed by atoms with van der Waals surface area (Å²) in [7, 11) is 0. The standard InChI is InChI=1S/C16H24N4O2/c1-3-5-6-10(4-2)7-11-8-13-15(19-20-18-13)14(16(21)22)12(11)9-17/h8,10H,3-7,9,17H2,1-2H3,(H,21,22)(H,18,19,20). The first-order chi connectivity index (χ1) is 10.6. The average Bonchev–Trinajstić information content (AvgIpc) is 2.97. The second kappa shape index (κ2) is 7.35. The van der Waals surface area contributed by atoms with Crippen LogP contribution in [0.15, 0.2) is 6.07 Å². The molecule has 2 aromatic rings. The normalized spacial score (nSPS) is 12.7. The van der Waals surface area contributed by atoms with Gasteiger partial charge < -0.3 is 10.8 Å². The Morgan fingerprint density at radius 1 is 1.41 bits per heavy atom. The Morgan fingerprint density at radius 3 is 2.77 bits per heavy atom. The van der Waals surface area contributed by atoms with E-state index in [1.54, 1.807) is 0 Å². The third kappa shape index (κ3) is 3.27. The minimum Gasteiger partial charge on any atom is -0.478 e. The lowest BCUT2D eigenvalue weighted by molar-refractivity contribution is 0.0697. The lowest BCUT2D eigenvalue weighted by atomic mass is 9.88. The van der Waals surface area contributed by atoms with E-state index in [0.29, 0.717) is 22.5 Å². The number of carboxylic acids is 1. The van der Waals surface area contributed by atoms with Crippen molar-refractivity contribution in [3.63, 3.8) is 0 Å². The van der Waals surface area contributed by atoms with Gasteiger partial charge in [0.05, 0.1) is 5.56 Å². The Kier molecular flexibility index (Phi) is 5.49. The van der Waals surface area contributed by atoms with Crippen molar-refractivity contribution in [2.45, 2.75) is 52.5 Å². The molecule has 2 rings (SSSR count). The van der Waals surface area contributed by atoms with Gasteiger partial charge in [-0.15, -0.1) is 0 Å². The average molecular weight is 304 g/mol. The molecule has 0 amide bonds. The van der Waals surface area contributed by atoms with E-state index >= 15 is 0 Å². The molecule has 0 saturated heterocycles. The summed E-state index contributed by atoms with van der Waals surface area (Å²) < 4.78 is 0. The number of fused-ring (bicyclic) bond motifs is 1. The zero-order chi connectivity index (χ0) is 16.1. The third-order valence-electron chi connectivity index (χ3n) is 4.28. The van der Waals surface area contributed by atoms with Gasteiger partial charge in [0.1, 0.15) is 11.0 Å². The summed E-state index contributed by atoms with van der Waals surface area (Å²) in [6, 6.07) is 1.93. The predicted octanol–water partition coefficient (Wildman–Crippen LogP) is 2.87. The highest BCUT2D eigenvalue weighted by molar-refractivity contribution is 6.02. The van der Waals surface area contributed by atoms with Crippen molar-refractivity contribution in [3.8, 4) is 0 Å².